The summed E-state index contributed by atoms with van der Waals surface area (Å²) >= 11 is 0. The molecule has 0 bridgehead atoms. The van der Waals surface area contributed by atoms with Crippen molar-refractivity contribution in [3.63, 3.8) is 0 Å². The molecule has 2 aromatic rings. The Morgan fingerprint density at radius 2 is 1.89 bits per heavy atom. The van der Waals surface area contributed by atoms with Gasteiger partial charge in [0.1, 0.15) is 5.56 Å². The molecule has 1 heterocycles. The average molecular weight is 369 g/mol. The van der Waals surface area contributed by atoms with E-state index in [0.29, 0.717) is 12.2 Å². The Hall–Kier alpha value is -1.43. The lowest BCUT2D eigenvalue weighted by Gasteiger charge is -2.01. The molecule has 0 aliphatic rings. The summed E-state index contributed by atoms with van der Waals surface area (Å²) < 4.78 is 6.95. The molecule has 100 valence electrons. The minimum Gasteiger partial charge on any atom is -1.00 e. The number of pyridine rings is 1. The maximum Gasteiger partial charge on any atom is 0.344 e. The van der Waals surface area contributed by atoms with Crippen molar-refractivity contribution in [1.29, 1.82) is 0 Å². The van der Waals surface area contributed by atoms with E-state index in [9.17, 15) is 4.79 Å². The van der Waals surface area contributed by atoms with Crippen molar-refractivity contribution < 1.29 is 38.1 Å². The molecule has 0 N–H and O–H groups in total. The summed E-state index contributed by atoms with van der Waals surface area (Å²) in [5, 5.41) is 0. The number of nitrogens with zero attached hydrogens (tertiary/aromatic N) is 1. The van der Waals surface area contributed by atoms with Crippen LogP contribution in [-0.2, 0) is 11.3 Å². The van der Waals surface area contributed by atoms with Gasteiger partial charge in [-0.15, -0.1) is 0 Å². The fourth-order valence-corrected chi connectivity index (χ4v) is 1.75. The first kappa shape index (κ1) is 15.6. The van der Waals surface area contributed by atoms with Crippen LogP contribution in [0.5, 0.6) is 0 Å². The molecule has 0 fully saturated rings. The van der Waals surface area contributed by atoms with Crippen LogP contribution >= 0.6 is 0 Å². The van der Waals surface area contributed by atoms with Crippen LogP contribution in [-0.4, -0.2) is 12.6 Å². The van der Waals surface area contributed by atoms with Gasteiger partial charge in [-0.2, -0.15) is 4.57 Å². The highest BCUT2D eigenvalue weighted by Crippen LogP contribution is 2.00. The van der Waals surface area contributed by atoms with Gasteiger partial charge in [0.15, 0.2) is 18.9 Å². The lowest BCUT2D eigenvalue weighted by molar-refractivity contribution is -0.688. The molecule has 0 atom stereocenters. The van der Waals surface area contributed by atoms with Gasteiger partial charge in [0.05, 0.1) is 6.61 Å². The number of ether oxygens (including phenoxy) is 1. The number of hydrogen-bond donors (Lipinski definition) is 0. The van der Waals surface area contributed by atoms with Gasteiger partial charge in [-0.05, 0) is 13.0 Å². The third kappa shape index (κ3) is 4.63. The van der Waals surface area contributed by atoms with Crippen LogP contribution in [0.1, 0.15) is 22.8 Å². The highest BCUT2D eigenvalue weighted by atomic mass is 127. The number of aromatic nitrogens is 1. The maximum atomic E-state index is 11.6. The molecule has 0 spiro atoms. The van der Waals surface area contributed by atoms with Crippen LogP contribution in [0.4, 0.5) is 0 Å². The van der Waals surface area contributed by atoms with Crippen molar-refractivity contribution >= 4 is 5.97 Å². The van der Waals surface area contributed by atoms with E-state index in [-0.39, 0.29) is 29.9 Å². The van der Waals surface area contributed by atoms with Crippen molar-refractivity contribution in [2.45, 2.75) is 13.5 Å². The largest absolute Gasteiger partial charge is 1.00 e. The Bertz CT molecular complexity index is 529. The molecule has 2 rings (SSSR count). The maximum absolute atomic E-state index is 11.6. The van der Waals surface area contributed by atoms with E-state index in [2.05, 4.69) is 12.1 Å². The number of hydrogen-bond acceptors (Lipinski definition) is 2. The standard InChI is InChI=1S/C15H16NO2.HI/c1-2-18-15(17)14-9-6-10-16(12-14)11-13-7-4-3-5-8-13;/h3-10,12H,2,11H2,1H3;1H/q+1;/p-1. The molecule has 1 aromatic heterocycles. The number of benzene rings is 1. The van der Waals surface area contributed by atoms with Gasteiger partial charge in [-0.1, -0.05) is 30.3 Å². The Kier molecular flexibility index (Phi) is 6.49. The van der Waals surface area contributed by atoms with E-state index >= 15 is 0 Å². The first-order valence-corrected chi connectivity index (χ1v) is 5.99. The van der Waals surface area contributed by atoms with E-state index in [1.165, 1.54) is 5.56 Å². The number of esters is 1. The molecule has 0 aliphatic heterocycles. The molecule has 0 saturated carbocycles. The number of carbonyl (C=O) groups is 1. The Morgan fingerprint density at radius 3 is 2.58 bits per heavy atom. The van der Waals surface area contributed by atoms with Crippen LogP contribution < -0.4 is 28.5 Å². The topological polar surface area (TPSA) is 30.2 Å². The normalized spacial score (nSPS) is 9.53. The van der Waals surface area contributed by atoms with Crippen molar-refractivity contribution in [3.8, 4) is 0 Å². The van der Waals surface area contributed by atoms with Gasteiger partial charge in [0.2, 0.25) is 0 Å². The number of halogens is 1. The van der Waals surface area contributed by atoms with Crippen LogP contribution in [0.2, 0.25) is 0 Å². The van der Waals surface area contributed by atoms with Crippen molar-refractivity contribution in [1.82, 2.24) is 0 Å². The quantitative estimate of drug-likeness (QED) is 0.402. The second kappa shape index (κ2) is 7.89. The zero-order valence-electron chi connectivity index (χ0n) is 10.8. The summed E-state index contributed by atoms with van der Waals surface area (Å²) in [4.78, 5) is 11.6. The van der Waals surface area contributed by atoms with Crippen molar-refractivity contribution in [3.05, 3.63) is 66.0 Å². The summed E-state index contributed by atoms with van der Waals surface area (Å²) in [7, 11) is 0. The molecular formula is C15H16INO2. The summed E-state index contributed by atoms with van der Waals surface area (Å²) in [5.74, 6) is -0.278. The van der Waals surface area contributed by atoms with Crippen LogP contribution in [0.3, 0.4) is 0 Å². The number of carbonyl (C=O) groups excluding carboxylic acids is 1. The molecule has 4 heteroatoms. The fraction of sp³-hybridized carbons (Fsp3) is 0.200. The SMILES string of the molecule is CCOC(=O)c1ccc[n+](Cc2ccccc2)c1.[I-]. The molecule has 0 amide bonds. The van der Waals surface area contributed by atoms with E-state index in [1.54, 1.807) is 13.0 Å². The second-order valence-corrected chi connectivity index (χ2v) is 3.97. The summed E-state index contributed by atoms with van der Waals surface area (Å²) in [6.07, 6.45) is 3.75. The van der Waals surface area contributed by atoms with E-state index < -0.39 is 0 Å². The lowest BCUT2D eigenvalue weighted by Crippen LogP contribution is -3.00. The molecule has 19 heavy (non-hydrogen) atoms. The first-order valence-electron chi connectivity index (χ1n) is 5.99. The van der Waals surface area contributed by atoms with E-state index in [1.807, 2.05) is 41.2 Å². The Morgan fingerprint density at radius 1 is 1.16 bits per heavy atom. The average Bonchev–Trinajstić information content (AvgIpc) is 2.40. The zero-order chi connectivity index (χ0) is 12.8. The zero-order valence-corrected chi connectivity index (χ0v) is 12.9. The second-order valence-electron chi connectivity index (χ2n) is 3.97. The molecular weight excluding hydrogens is 353 g/mol. The van der Waals surface area contributed by atoms with Gasteiger partial charge < -0.3 is 28.7 Å². The van der Waals surface area contributed by atoms with Crippen molar-refractivity contribution in [2.75, 3.05) is 6.61 Å². The van der Waals surface area contributed by atoms with Gasteiger partial charge in [-0.25, -0.2) is 4.79 Å². The minimum absolute atomic E-state index is 0. The minimum atomic E-state index is -0.278. The lowest BCUT2D eigenvalue weighted by atomic mass is 10.2. The Balaban J connectivity index is 0.00000180. The molecule has 0 unspecified atom stereocenters. The fourth-order valence-electron chi connectivity index (χ4n) is 1.75. The van der Waals surface area contributed by atoms with Crippen LogP contribution in [0.15, 0.2) is 54.9 Å². The monoisotopic (exact) mass is 369 g/mol. The summed E-state index contributed by atoms with van der Waals surface area (Å²) in [5.41, 5.74) is 1.78. The summed E-state index contributed by atoms with van der Waals surface area (Å²) in [6.45, 7) is 2.94. The third-order valence-corrected chi connectivity index (χ3v) is 2.58. The highest BCUT2D eigenvalue weighted by molar-refractivity contribution is 5.88. The highest BCUT2D eigenvalue weighted by Gasteiger charge is 2.11. The summed E-state index contributed by atoms with van der Waals surface area (Å²) in [6, 6.07) is 13.7. The molecule has 1 aromatic carbocycles. The third-order valence-electron chi connectivity index (χ3n) is 2.58. The van der Waals surface area contributed by atoms with E-state index in [4.69, 9.17) is 4.74 Å². The van der Waals surface area contributed by atoms with Gasteiger partial charge in [0, 0.05) is 11.6 Å². The molecule has 0 radical (unpaired) electrons. The van der Waals surface area contributed by atoms with Crippen molar-refractivity contribution in [2.24, 2.45) is 0 Å². The molecule has 0 saturated heterocycles. The van der Waals surface area contributed by atoms with Crippen LogP contribution in [0.25, 0.3) is 0 Å². The number of rotatable bonds is 4. The first-order chi connectivity index (χ1) is 8.79. The van der Waals surface area contributed by atoms with E-state index in [0.717, 1.165) is 6.54 Å². The van der Waals surface area contributed by atoms with Gasteiger partial charge in [-0.3, -0.25) is 0 Å². The molecule has 0 aliphatic carbocycles. The molecule has 3 nitrogen and oxygen atoms in total. The van der Waals surface area contributed by atoms with Gasteiger partial charge >= 0.3 is 5.97 Å². The van der Waals surface area contributed by atoms with Crippen LogP contribution in [0, 0.1) is 0 Å². The predicted molar refractivity (Wildman–Crippen MR) is 68.1 cm³/mol. The predicted octanol–water partition coefficient (Wildman–Crippen LogP) is -0.797. The Labute approximate surface area is 130 Å². The van der Waals surface area contributed by atoms with Gasteiger partial charge in [0.25, 0.3) is 0 Å². The smallest absolute Gasteiger partial charge is 0.344 e.